The zero-order valence-corrected chi connectivity index (χ0v) is 18.3. The van der Waals surface area contributed by atoms with E-state index in [4.69, 9.17) is 9.90 Å². The van der Waals surface area contributed by atoms with Crippen LogP contribution in [0.2, 0.25) is 0 Å². The first-order valence-corrected chi connectivity index (χ1v) is 10.9. The van der Waals surface area contributed by atoms with Crippen molar-refractivity contribution >= 4 is 11.9 Å². The van der Waals surface area contributed by atoms with Crippen molar-refractivity contribution in [1.82, 2.24) is 15.1 Å². The first-order chi connectivity index (χ1) is 15.5. The largest absolute Gasteiger partial charge is 0.490 e. The molecule has 10 heteroatoms. The van der Waals surface area contributed by atoms with Crippen molar-refractivity contribution in [3.8, 4) is 11.3 Å². The number of rotatable bonds is 2. The summed E-state index contributed by atoms with van der Waals surface area (Å²) >= 11 is 0. The molecule has 1 aliphatic heterocycles. The minimum atomic E-state index is -5.08. The molecule has 2 N–H and O–H groups in total. The zero-order chi connectivity index (χ0) is 24.2. The molecule has 2 aromatic rings. The number of aliphatic carboxylic acids is 1. The van der Waals surface area contributed by atoms with E-state index in [1.54, 1.807) is 6.07 Å². The van der Waals surface area contributed by atoms with Crippen LogP contribution < -0.4 is 0 Å². The second-order valence-corrected chi connectivity index (χ2v) is 8.76. The molecule has 0 spiro atoms. The number of nitrogens with one attached hydrogen (secondary N) is 1. The Balaban J connectivity index is 0.000000383. The van der Waals surface area contributed by atoms with E-state index in [1.165, 1.54) is 18.6 Å². The normalized spacial score (nSPS) is 17.9. The first-order valence-electron chi connectivity index (χ1n) is 10.9. The highest BCUT2D eigenvalue weighted by atomic mass is 19.4. The van der Waals surface area contributed by atoms with E-state index in [1.807, 2.05) is 11.0 Å². The lowest BCUT2D eigenvalue weighted by atomic mass is 9.74. The van der Waals surface area contributed by atoms with Crippen LogP contribution in [0.4, 0.5) is 17.6 Å². The minimum absolute atomic E-state index is 0.195. The van der Waals surface area contributed by atoms with Gasteiger partial charge >= 0.3 is 12.1 Å². The molecule has 33 heavy (non-hydrogen) atoms. The van der Waals surface area contributed by atoms with Crippen molar-refractivity contribution in [3.05, 3.63) is 41.3 Å². The third-order valence-corrected chi connectivity index (χ3v) is 6.32. The lowest BCUT2D eigenvalue weighted by Crippen LogP contribution is -2.44. The molecule has 0 saturated heterocycles. The topological polar surface area (TPSA) is 86.3 Å². The van der Waals surface area contributed by atoms with Gasteiger partial charge in [0.15, 0.2) is 0 Å². The molecule has 1 aromatic carbocycles. The molecule has 0 atom stereocenters. The summed E-state index contributed by atoms with van der Waals surface area (Å²) in [6.07, 6.45) is 2.02. The van der Waals surface area contributed by atoms with Gasteiger partial charge in [-0.25, -0.2) is 9.18 Å². The Hall–Kier alpha value is -2.91. The number of nitrogens with zero attached hydrogens (tertiary/aromatic N) is 2. The molecule has 2 aliphatic rings. The van der Waals surface area contributed by atoms with Crippen LogP contribution in [0, 0.1) is 11.2 Å². The molecule has 1 amide bonds. The van der Waals surface area contributed by atoms with Crippen molar-refractivity contribution < 1.29 is 32.3 Å². The van der Waals surface area contributed by atoms with Gasteiger partial charge in [-0.1, -0.05) is 38.3 Å². The van der Waals surface area contributed by atoms with Crippen LogP contribution in [0.1, 0.15) is 50.3 Å². The maximum absolute atomic E-state index is 13.6. The van der Waals surface area contributed by atoms with E-state index >= 15 is 0 Å². The Morgan fingerprint density at radius 3 is 2.36 bits per heavy atom. The number of aromatic nitrogens is 2. The third kappa shape index (κ3) is 5.91. The molecule has 1 fully saturated rings. The average Bonchev–Trinajstić information content (AvgIpc) is 3.05. The summed E-state index contributed by atoms with van der Waals surface area (Å²) in [5, 5.41) is 14.7. The summed E-state index contributed by atoms with van der Waals surface area (Å²) in [6.45, 7) is 3.58. The molecule has 2 heterocycles. The van der Waals surface area contributed by atoms with Gasteiger partial charge in [-0.3, -0.25) is 9.89 Å². The first kappa shape index (κ1) is 24.7. The molecule has 0 radical (unpaired) electrons. The SMILES string of the molecule is CC1(C(=O)N2CCc3[nH]nc(-c4cccc(F)c4)c3CC2)CCCCC1.O=C(O)C(F)(F)F. The van der Waals surface area contributed by atoms with Crippen LogP contribution in [0.5, 0.6) is 0 Å². The number of halogens is 4. The average molecular weight is 469 g/mol. The standard InChI is InChI=1S/C21H26FN3O.C2HF3O2/c1-21(10-3-2-4-11-21)20(26)25-12-8-17-18(9-13-25)23-24-19(17)15-6-5-7-16(22)14-15;3-2(4,5)1(6)7/h5-7,14H,2-4,8-13H2,1H3,(H,23,24);(H,6,7). The lowest BCUT2D eigenvalue weighted by Gasteiger charge is -2.36. The van der Waals surface area contributed by atoms with Crippen molar-refractivity contribution in [3.63, 3.8) is 0 Å². The van der Waals surface area contributed by atoms with Crippen LogP contribution in [0.15, 0.2) is 24.3 Å². The maximum atomic E-state index is 13.6. The van der Waals surface area contributed by atoms with Gasteiger partial charge in [0.25, 0.3) is 0 Å². The Kier molecular flexibility index (Phi) is 7.44. The van der Waals surface area contributed by atoms with Crippen LogP contribution in [-0.4, -0.2) is 51.3 Å². The molecule has 0 bridgehead atoms. The second-order valence-electron chi connectivity index (χ2n) is 8.76. The smallest absolute Gasteiger partial charge is 0.475 e. The Bertz CT molecular complexity index is 997. The quantitative estimate of drug-likeness (QED) is 0.622. The number of aromatic amines is 1. The van der Waals surface area contributed by atoms with E-state index in [0.29, 0.717) is 12.5 Å². The van der Waals surface area contributed by atoms with Crippen molar-refractivity contribution in [2.75, 3.05) is 13.1 Å². The summed E-state index contributed by atoms with van der Waals surface area (Å²) in [4.78, 5) is 24.1. The van der Waals surface area contributed by atoms with Crippen LogP contribution in [0.3, 0.4) is 0 Å². The summed E-state index contributed by atoms with van der Waals surface area (Å²) in [5.41, 5.74) is 3.62. The van der Waals surface area contributed by atoms with Gasteiger partial charge in [0, 0.05) is 41.7 Å². The lowest BCUT2D eigenvalue weighted by molar-refractivity contribution is -0.192. The predicted molar refractivity (Wildman–Crippen MR) is 113 cm³/mol. The van der Waals surface area contributed by atoms with E-state index in [-0.39, 0.29) is 11.2 Å². The van der Waals surface area contributed by atoms with Gasteiger partial charge in [-0.2, -0.15) is 18.3 Å². The Morgan fingerprint density at radius 1 is 1.12 bits per heavy atom. The highest BCUT2D eigenvalue weighted by Gasteiger charge is 2.39. The maximum Gasteiger partial charge on any atom is 0.490 e. The molecule has 0 unspecified atom stereocenters. The minimum Gasteiger partial charge on any atom is -0.475 e. The highest BCUT2D eigenvalue weighted by molar-refractivity contribution is 5.82. The molecule has 6 nitrogen and oxygen atoms in total. The van der Waals surface area contributed by atoms with Crippen molar-refractivity contribution in [2.45, 2.75) is 58.0 Å². The summed E-state index contributed by atoms with van der Waals surface area (Å²) in [5.74, 6) is -2.70. The van der Waals surface area contributed by atoms with E-state index in [2.05, 4.69) is 17.1 Å². The molecular formula is C23H27F4N3O3. The fourth-order valence-electron chi connectivity index (χ4n) is 4.49. The van der Waals surface area contributed by atoms with Gasteiger partial charge in [0.2, 0.25) is 5.91 Å². The molecule has 1 saturated carbocycles. The van der Waals surface area contributed by atoms with Gasteiger partial charge in [0.05, 0.1) is 5.69 Å². The van der Waals surface area contributed by atoms with Gasteiger partial charge in [-0.15, -0.1) is 0 Å². The summed E-state index contributed by atoms with van der Waals surface area (Å²) in [7, 11) is 0. The fourth-order valence-corrected chi connectivity index (χ4v) is 4.49. The summed E-state index contributed by atoms with van der Waals surface area (Å²) in [6, 6.07) is 6.56. The number of H-pyrrole nitrogens is 1. The second kappa shape index (κ2) is 9.93. The molecule has 180 valence electrons. The van der Waals surface area contributed by atoms with E-state index in [9.17, 15) is 22.4 Å². The number of fused-ring (bicyclic) bond motifs is 1. The van der Waals surface area contributed by atoms with Crippen molar-refractivity contribution in [2.24, 2.45) is 5.41 Å². The Morgan fingerprint density at radius 2 is 1.76 bits per heavy atom. The van der Waals surface area contributed by atoms with Crippen molar-refractivity contribution in [1.29, 1.82) is 0 Å². The van der Waals surface area contributed by atoms with Crippen LogP contribution >= 0.6 is 0 Å². The molecular weight excluding hydrogens is 442 g/mol. The van der Waals surface area contributed by atoms with Crippen LogP contribution in [-0.2, 0) is 22.4 Å². The molecule has 4 rings (SSSR count). The number of hydrogen-bond donors (Lipinski definition) is 2. The third-order valence-electron chi connectivity index (χ3n) is 6.32. The number of carbonyl (C=O) groups is 2. The number of hydrogen-bond acceptors (Lipinski definition) is 3. The number of amides is 1. The van der Waals surface area contributed by atoms with Gasteiger partial charge in [-0.05, 0) is 31.4 Å². The number of benzene rings is 1. The zero-order valence-electron chi connectivity index (χ0n) is 18.3. The number of carboxylic acid groups (broad SMARTS) is 1. The van der Waals surface area contributed by atoms with Crippen LogP contribution in [0.25, 0.3) is 11.3 Å². The number of carbonyl (C=O) groups excluding carboxylic acids is 1. The number of carboxylic acids is 1. The van der Waals surface area contributed by atoms with E-state index in [0.717, 1.165) is 67.6 Å². The number of alkyl halides is 3. The molecule has 1 aliphatic carbocycles. The van der Waals surface area contributed by atoms with Gasteiger partial charge < -0.3 is 10.0 Å². The monoisotopic (exact) mass is 469 g/mol. The fraction of sp³-hybridized carbons (Fsp3) is 0.522. The summed E-state index contributed by atoms with van der Waals surface area (Å²) < 4.78 is 45.3. The van der Waals surface area contributed by atoms with Gasteiger partial charge in [0.1, 0.15) is 5.82 Å². The Labute approximate surface area is 189 Å². The predicted octanol–water partition coefficient (Wildman–Crippen LogP) is 4.75. The molecule has 1 aromatic heterocycles. The van der Waals surface area contributed by atoms with E-state index < -0.39 is 12.1 Å². The highest BCUT2D eigenvalue weighted by Crippen LogP contribution is 2.38.